The van der Waals surface area contributed by atoms with Gasteiger partial charge in [0.15, 0.2) is 0 Å². The summed E-state index contributed by atoms with van der Waals surface area (Å²) in [6.07, 6.45) is 6.48. The van der Waals surface area contributed by atoms with Crippen molar-refractivity contribution in [1.82, 2.24) is 20.4 Å². The zero-order valence-corrected chi connectivity index (χ0v) is 11.3. The molecule has 0 saturated heterocycles. The fourth-order valence-electron chi connectivity index (χ4n) is 1.37. The van der Waals surface area contributed by atoms with Gasteiger partial charge in [-0.2, -0.15) is 15.3 Å². The van der Waals surface area contributed by atoms with Crippen molar-refractivity contribution in [3.63, 3.8) is 0 Å². The Kier molecular flexibility index (Phi) is 4.38. The molecular formula is C12H15N7O. The van der Waals surface area contributed by atoms with Crippen LogP contribution in [0.25, 0.3) is 0 Å². The lowest BCUT2D eigenvalue weighted by Gasteiger charge is -2.20. The van der Waals surface area contributed by atoms with Gasteiger partial charge in [0.2, 0.25) is 0 Å². The number of hydrazone groups is 3. The molecule has 20 heavy (non-hydrogen) atoms. The smallest absolute Gasteiger partial charge is 0.303 e. The molecule has 0 bridgehead atoms. The van der Waals surface area contributed by atoms with Crippen LogP contribution in [0.4, 0.5) is 4.79 Å². The van der Waals surface area contributed by atoms with Crippen molar-refractivity contribution in [1.29, 1.82) is 0 Å². The molecule has 1 aliphatic rings. The number of hydrogen-bond acceptors (Lipinski definition) is 6. The van der Waals surface area contributed by atoms with Gasteiger partial charge in [-0.25, -0.2) is 15.2 Å². The number of pyridine rings is 1. The number of nitrogens with zero attached hydrogens (tertiary/aromatic N) is 6. The molecule has 2 rings (SSSR count). The minimum Gasteiger partial charge on any atom is -0.303 e. The minimum atomic E-state index is -0.382. The molecule has 1 aromatic rings. The fourth-order valence-corrected chi connectivity index (χ4v) is 1.37. The highest BCUT2D eigenvalue weighted by Crippen LogP contribution is 1.99. The third kappa shape index (κ3) is 3.87. The molecule has 1 aromatic heterocycles. The number of rotatable bonds is 4. The van der Waals surface area contributed by atoms with E-state index in [4.69, 9.17) is 0 Å². The second kappa shape index (κ2) is 6.41. The topological polar surface area (TPSA) is 85.5 Å². The molecule has 0 radical (unpaired) electrons. The number of carbonyl (C=O) groups excluding carboxylic acids is 1. The third-order valence-electron chi connectivity index (χ3n) is 2.31. The molecule has 8 heteroatoms. The Bertz CT molecular complexity index is 550. The van der Waals surface area contributed by atoms with Crippen molar-refractivity contribution in [2.45, 2.75) is 0 Å². The van der Waals surface area contributed by atoms with Crippen molar-refractivity contribution in [2.24, 2.45) is 15.3 Å². The lowest BCUT2D eigenvalue weighted by atomic mass is 10.3. The van der Waals surface area contributed by atoms with Gasteiger partial charge in [-0.1, -0.05) is 6.07 Å². The molecule has 0 aliphatic carbocycles. The molecule has 104 valence electrons. The second-order valence-electron chi connectivity index (χ2n) is 4.20. The average Bonchev–Trinajstić information content (AvgIpc) is 2.46. The van der Waals surface area contributed by atoms with Gasteiger partial charge in [-0.15, -0.1) is 0 Å². The summed E-state index contributed by atoms with van der Waals surface area (Å²) in [5, 5.41) is 15.0. The van der Waals surface area contributed by atoms with E-state index in [0.29, 0.717) is 5.71 Å². The minimum absolute atomic E-state index is 0.264. The lowest BCUT2D eigenvalue weighted by Crippen LogP contribution is -2.43. The fraction of sp³-hybridized carbons (Fsp3) is 0.250. The number of hydrogen-bond donors (Lipinski definition) is 1. The first-order valence-electron chi connectivity index (χ1n) is 5.94. The predicted molar refractivity (Wildman–Crippen MR) is 76.7 cm³/mol. The highest BCUT2D eigenvalue weighted by atomic mass is 16.2. The number of nitrogens with one attached hydrogen (secondary N) is 1. The summed E-state index contributed by atoms with van der Waals surface area (Å²) < 4.78 is 0. The predicted octanol–water partition coefficient (Wildman–Crippen LogP) is 0.344. The molecule has 8 nitrogen and oxygen atoms in total. The molecule has 0 saturated carbocycles. The van der Waals surface area contributed by atoms with Crippen LogP contribution in [-0.2, 0) is 0 Å². The summed E-state index contributed by atoms with van der Waals surface area (Å²) in [5.74, 6) is 0. The molecule has 0 spiro atoms. The Morgan fingerprint density at radius 1 is 1.45 bits per heavy atom. The van der Waals surface area contributed by atoms with Gasteiger partial charge in [0.25, 0.3) is 0 Å². The number of amides is 2. The maximum atomic E-state index is 11.6. The summed E-state index contributed by atoms with van der Waals surface area (Å²) >= 11 is 0. The number of urea groups is 1. The van der Waals surface area contributed by atoms with Crippen LogP contribution in [0.15, 0.2) is 39.8 Å². The standard InChI is InChI=1S/C12H15N7O/c1-18(2)14-8-11-9-19(12(20)17-16-11)15-7-10-4-3-5-13-6-10/h3-8H,9H2,1-2H3,(H,17,20). The molecule has 1 aliphatic heterocycles. The zero-order valence-electron chi connectivity index (χ0n) is 11.3. The quantitative estimate of drug-likeness (QED) is 0.634. The molecule has 0 fully saturated rings. The molecule has 0 aromatic carbocycles. The zero-order chi connectivity index (χ0) is 14.4. The molecule has 1 N–H and O–H groups in total. The van der Waals surface area contributed by atoms with Crippen LogP contribution in [0.5, 0.6) is 0 Å². The van der Waals surface area contributed by atoms with Crippen molar-refractivity contribution >= 4 is 24.2 Å². The SMILES string of the molecule is CN(C)N=CC1=NNC(=O)N(N=Cc2cccnc2)C1. The third-order valence-corrected chi connectivity index (χ3v) is 2.31. The molecular weight excluding hydrogens is 258 g/mol. The Morgan fingerprint density at radius 3 is 3.00 bits per heavy atom. The molecule has 0 unspecified atom stereocenters. The van der Waals surface area contributed by atoms with E-state index in [-0.39, 0.29) is 12.6 Å². The van der Waals surface area contributed by atoms with Crippen LogP contribution in [0.2, 0.25) is 0 Å². The van der Waals surface area contributed by atoms with Crippen molar-refractivity contribution in [3.8, 4) is 0 Å². The lowest BCUT2D eigenvalue weighted by molar-refractivity contribution is 0.205. The monoisotopic (exact) mass is 273 g/mol. The first-order chi connectivity index (χ1) is 9.65. The normalized spacial score (nSPS) is 15.6. The van der Waals surface area contributed by atoms with Crippen LogP contribution >= 0.6 is 0 Å². The van der Waals surface area contributed by atoms with E-state index in [1.54, 1.807) is 50.0 Å². The number of carbonyl (C=O) groups is 1. The van der Waals surface area contributed by atoms with Crippen LogP contribution in [0, 0.1) is 0 Å². The highest BCUT2D eigenvalue weighted by molar-refractivity contribution is 6.32. The van der Waals surface area contributed by atoms with E-state index in [1.807, 2.05) is 6.07 Å². The van der Waals surface area contributed by atoms with Gasteiger partial charge >= 0.3 is 6.03 Å². The molecule has 2 amide bonds. The molecule has 0 atom stereocenters. The van der Waals surface area contributed by atoms with E-state index in [0.717, 1.165) is 5.56 Å². The second-order valence-corrected chi connectivity index (χ2v) is 4.20. The first kappa shape index (κ1) is 13.7. The summed E-state index contributed by atoms with van der Waals surface area (Å²) in [6, 6.07) is 3.27. The largest absolute Gasteiger partial charge is 0.358 e. The van der Waals surface area contributed by atoms with Gasteiger partial charge in [-0.05, 0) is 6.07 Å². The maximum absolute atomic E-state index is 11.6. The molecule has 2 heterocycles. The van der Waals surface area contributed by atoms with Gasteiger partial charge in [0.1, 0.15) is 5.71 Å². The summed E-state index contributed by atoms with van der Waals surface area (Å²) in [7, 11) is 3.60. The van der Waals surface area contributed by atoms with E-state index in [9.17, 15) is 4.79 Å². The van der Waals surface area contributed by atoms with Crippen molar-refractivity contribution in [3.05, 3.63) is 30.1 Å². The van der Waals surface area contributed by atoms with E-state index in [2.05, 4.69) is 25.7 Å². The summed E-state index contributed by atoms with van der Waals surface area (Å²) in [5.41, 5.74) is 3.80. The van der Waals surface area contributed by atoms with Crippen LogP contribution < -0.4 is 5.43 Å². The van der Waals surface area contributed by atoms with Gasteiger partial charge in [0.05, 0.1) is 19.0 Å². The maximum Gasteiger partial charge on any atom is 0.358 e. The summed E-state index contributed by atoms with van der Waals surface area (Å²) in [4.78, 5) is 15.6. The van der Waals surface area contributed by atoms with E-state index >= 15 is 0 Å². The van der Waals surface area contributed by atoms with Crippen molar-refractivity contribution < 1.29 is 4.79 Å². The van der Waals surface area contributed by atoms with Crippen LogP contribution in [-0.4, -0.2) is 59.8 Å². The number of aromatic nitrogens is 1. The Balaban J connectivity index is 2.03. The Morgan fingerprint density at radius 2 is 2.30 bits per heavy atom. The van der Waals surface area contributed by atoms with Crippen LogP contribution in [0.1, 0.15) is 5.56 Å². The Labute approximate surface area is 116 Å². The van der Waals surface area contributed by atoms with E-state index < -0.39 is 0 Å². The first-order valence-corrected chi connectivity index (χ1v) is 5.94. The van der Waals surface area contributed by atoms with Gasteiger partial charge in [0, 0.05) is 32.1 Å². The van der Waals surface area contributed by atoms with Crippen molar-refractivity contribution in [2.75, 3.05) is 20.6 Å². The van der Waals surface area contributed by atoms with Gasteiger partial charge < -0.3 is 5.01 Å². The van der Waals surface area contributed by atoms with E-state index in [1.165, 1.54) is 5.01 Å². The highest BCUT2D eigenvalue weighted by Gasteiger charge is 2.18. The Hall–Kier alpha value is -2.77. The summed E-state index contributed by atoms with van der Waals surface area (Å²) in [6.45, 7) is 0.264. The van der Waals surface area contributed by atoms with Crippen LogP contribution in [0.3, 0.4) is 0 Å². The van der Waals surface area contributed by atoms with Gasteiger partial charge in [-0.3, -0.25) is 4.98 Å². The average molecular weight is 273 g/mol.